The van der Waals surface area contributed by atoms with Crippen LogP contribution in [0.15, 0.2) is 30.5 Å². The van der Waals surface area contributed by atoms with Gasteiger partial charge in [-0.1, -0.05) is 24.3 Å². The van der Waals surface area contributed by atoms with Crippen LogP contribution in [0.3, 0.4) is 0 Å². The molecule has 1 heterocycles. The molecule has 0 radical (unpaired) electrons. The van der Waals surface area contributed by atoms with Crippen LogP contribution in [-0.2, 0) is 13.6 Å². The van der Waals surface area contributed by atoms with Crippen LogP contribution >= 0.6 is 0 Å². The first-order valence-corrected chi connectivity index (χ1v) is 7.46. The van der Waals surface area contributed by atoms with Crippen molar-refractivity contribution in [3.8, 4) is 0 Å². The van der Waals surface area contributed by atoms with Gasteiger partial charge < -0.3 is 5.32 Å². The van der Waals surface area contributed by atoms with E-state index in [1.807, 2.05) is 17.9 Å². The summed E-state index contributed by atoms with van der Waals surface area (Å²) in [5.74, 6) is 0.842. The normalized spacial score (nSPS) is 16.4. The van der Waals surface area contributed by atoms with Gasteiger partial charge in [-0.2, -0.15) is 5.10 Å². The Morgan fingerprint density at radius 1 is 1.30 bits per heavy atom. The maximum atomic E-state index is 4.31. The van der Waals surface area contributed by atoms with Crippen LogP contribution in [0, 0.1) is 6.92 Å². The summed E-state index contributed by atoms with van der Waals surface area (Å²) in [7, 11) is 1.99. The van der Waals surface area contributed by atoms with Crippen molar-refractivity contribution in [3.63, 3.8) is 0 Å². The van der Waals surface area contributed by atoms with Crippen LogP contribution in [0.25, 0.3) is 0 Å². The second-order valence-corrected chi connectivity index (χ2v) is 5.93. The minimum atomic E-state index is 0.326. The molecule has 1 atom stereocenters. The van der Waals surface area contributed by atoms with Crippen molar-refractivity contribution in [1.29, 1.82) is 0 Å². The molecule has 2 aromatic rings. The predicted molar refractivity (Wildman–Crippen MR) is 81.6 cm³/mol. The summed E-state index contributed by atoms with van der Waals surface area (Å²) in [6.07, 6.45) is 4.70. The van der Waals surface area contributed by atoms with Gasteiger partial charge in [-0.25, -0.2) is 0 Å². The first-order chi connectivity index (χ1) is 9.65. The van der Waals surface area contributed by atoms with Crippen LogP contribution in [0.5, 0.6) is 0 Å². The molecule has 1 fully saturated rings. The maximum absolute atomic E-state index is 4.31. The van der Waals surface area contributed by atoms with Crippen molar-refractivity contribution >= 4 is 0 Å². The third-order valence-corrected chi connectivity index (χ3v) is 4.38. The average Bonchev–Trinajstić information content (AvgIpc) is 3.25. The van der Waals surface area contributed by atoms with Gasteiger partial charge in [0.25, 0.3) is 0 Å². The first kappa shape index (κ1) is 13.4. The fourth-order valence-electron chi connectivity index (χ4n) is 2.65. The minimum Gasteiger partial charge on any atom is -0.306 e. The Morgan fingerprint density at radius 3 is 2.55 bits per heavy atom. The van der Waals surface area contributed by atoms with Crippen molar-refractivity contribution in [2.45, 2.75) is 45.2 Å². The second kappa shape index (κ2) is 5.41. The summed E-state index contributed by atoms with van der Waals surface area (Å²) < 4.78 is 1.93. The van der Waals surface area contributed by atoms with Crippen LogP contribution in [0.2, 0.25) is 0 Å². The predicted octanol–water partition coefficient (Wildman–Crippen LogP) is 3.46. The van der Waals surface area contributed by atoms with Crippen molar-refractivity contribution in [2.24, 2.45) is 7.05 Å². The minimum absolute atomic E-state index is 0.326. The highest BCUT2D eigenvalue weighted by Gasteiger charge is 2.22. The van der Waals surface area contributed by atoms with Gasteiger partial charge in [0.1, 0.15) is 0 Å². The molecule has 0 amide bonds. The lowest BCUT2D eigenvalue weighted by atomic mass is 10.1. The zero-order valence-corrected chi connectivity index (χ0v) is 12.6. The molecule has 20 heavy (non-hydrogen) atoms. The molecular weight excluding hydrogens is 246 g/mol. The topological polar surface area (TPSA) is 29.9 Å². The fourth-order valence-corrected chi connectivity index (χ4v) is 2.65. The summed E-state index contributed by atoms with van der Waals surface area (Å²) in [5, 5.41) is 7.89. The molecular formula is C17H23N3. The molecule has 0 saturated heterocycles. The Hall–Kier alpha value is -1.61. The van der Waals surface area contributed by atoms with E-state index in [4.69, 9.17) is 0 Å². The van der Waals surface area contributed by atoms with Gasteiger partial charge in [0.2, 0.25) is 0 Å². The lowest BCUT2D eigenvalue weighted by Gasteiger charge is -2.14. The molecule has 1 unspecified atom stereocenters. The molecule has 3 rings (SSSR count). The Morgan fingerprint density at radius 2 is 2.00 bits per heavy atom. The number of hydrogen-bond donors (Lipinski definition) is 1. The smallest absolute Gasteiger partial charge is 0.0540 e. The highest BCUT2D eigenvalue weighted by molar-refractivity contribution is 5.28. The molecule has 1 aromatic carbocycles. The van der Waals surface area contributed by atoms with Crippen molar-refractivity contribution < 1.29 is 0 Å². The average molecular weight is 269 g/mol. The van der Waals surface area contributed by atoms with Crippen molar-refractivity contribution in [2.75, 3.05) is 0 Å². The lowest BCUT2D eigenvalue weighted by Crippen LogP contribution is -2.18. The monoisotopic (exact) mass is 269 g/mol. The summed E-state index contributed by atoms with van der Waals surface area (Å²) in [6.45, 7) is 5.22. The molecule has 1 aliphatic rings. The van der Waals surface area contributed by atoms with E-state index in [0.717, 1.165) is 12.5 Å². The van der Waals surface area contributed by atoms with E-state index in [-0.39, 0.29) is 0 Å². The number of nitrogens with zero attached hydrogens (tertiary/aromatic N) is 2. The third-order valence-electron chi connectivity index (χ3n) is 4.38. The van der Waals surface area contributed by atoms with Crippen molar-refractivity contribution in [1.82, 2.24) is 15.1 Å². The summed E-state index contributed by atoms with van der Waals surface area (Å²) in [6, 6.07) is 9.41. The van der Waals surface area contributed by atoms with E-state index in [0.29, 0.717) is 6.04 Å². The van der Waals surface area contributed by atoms with E-state index < -0.39 is 0 Å². The van der Waals surface area contributed by atoms with E-state index in [9.17, 15) is 0 Å². The summed E-state index contributed by atoms with van der Waals surface area (Å²) in [5.41, 5.74) is 5.36. The van der Waals surface area contributed by atoms with Gasteiger partial charge in [-0.3, -0.25) is 4.68 Å². The molecule has 3 heteroatoms. The molecule has 0 aliphatic heterocycles. The highest BCUT2D eigenvalue weighted by Crippen LogP contribution is 2.39. The number of aryl methyl sites for hydroxylation is 1. The van der Waals surface area contributed by atoms with E-state index in [1.165, 1.54) is 35.2 Å². The number of benzene rings is 1. The van der Waals surface area contributed by atoms with E-state index in [1.54, 1.807) is 0 Å². The zero-order chi connectivity index (χ0) is 14.1. The fraction of sp³-hybridized carbons (Fsp3) is 0.471. The van der Waals surface area contributed by atoms with Gasteiger partial charge in [-0.05, 0) is 43.7 Å². The van der Waals surface area contributed by atoms with Crippen molar-refractivity contribution in [3.05, 3.63) is 52.8 Å². The Balaban J connectivity index is 1.59. The number of aromatic nitrogens is 2. The van der Waals surface area contributed by atoms with Gasteiger partial charge in [-0.15, -0.1) is 0 Å². The largest absolute Gasteiger partial charge is 0.306 e. The molecule has 0 bridgehead atoms. The molecule has 1 aromatic heterocycles. The molecule has 1 saturated carbocycles. The standard InChI is InChI=1S/C17H23N3/c1-12(17-11-19-20(3)13(17)2)18-10-14-4-6-15(7-5-14)16-8-9-16/h4-7,11-12,16,18H,8-10H2,1-3H3. The van der Waals surface area contributed by atoms with Crippen LogP contribution in [0.1, 0.15) is 54.1 Å². The molecule has 1 aliphatic carbocycles. The van der Waals surface area contributed by atoms with Crippen LogP contribution in [0.4, 0.5) is 0 Å². The van der Waals surface area contributed by atoms with Gasteiger partial charge >= 0.3 is 0 Å². The Kier molecular flexibility index (Phi) is 3.62. The molecule has 3 nitrogen and oxygen atoms in total. The SMILES string of the molecule is Cc1c(C(C)NCc2ccc(C3CC3)cc2)cnn1C. The molecule has 0 spiro atoms. The van der Waals surface area contributed by atoms with Gasteiger partial charge in [0.15, 0.2) is 0 Å². The number of hydrogen-bond acceptors (Lipinski definition) is 2. The Labute approximate surface area is 121 Å². The summed E-state index contributed by atoms with van der Waals surface area (Å²) >= 11 is 0. The maximum Gasteiger partial charge on any atom is 0.0540 e. The lowest BCUT2D eigenvalue weighted by molar-refractivity contribution is 0.570. The van der Waals surface area contributed by atoms with Gasteiger partial charge in [0, 0.05) is 30.9 Å². The highest BCUT2D eigenvalue weighted by atomic mass is 15.3. The second-order valence-electron chi connectivity index (χ2n) is 5.93. The first-order valence-electron chi connectivity index (χ1n) is 7.46. The van der Waals surface area contributed by atoms with E-state index >= 15 is 0 Å². The van der Waals surface area contributed by atoms with Crippen LogP contribution < -0.4 is 5.32 Å². The zero-order valence-electron chi connectivity index (χ0n) is 12.6. The van der Waals surface area contributed by atoms with Gasteiger partial charge in [0.05, 0.1) is 6.20 Å². The third kappa shape index (κ3) is 2.78. The number of rotatable bonds is 5. The van der Waals surface area contributed by atoms with E-state index in [2.05, 4.69) is 48.5 Å². The Bertz CT molecular complexity index is 579. The number of nitrogens with one attached hydrogen (secondary N) is 1. The molecule has 1 N–H and O–H groups in total. The quantitative estimate of drug-likeness (QED) is 0.901. The molecule has 106 valence electrons. The summed E-state index contributed by atoms with van der Waals surface area (Å²) in [4.78, 5) is 0. The van der Waals surface area contributed by atoms with Crippen LogP contribution in [-0.4, -0.2) is 9.78 Å².